The molecule has 7 nitrogen and oxygen atoms in total. The van der Waals surface area contributed by atoms with Gasteiger partial charge in [0.1, 0.15) is 6.04 Å². The number of benzene rings is 1. The highest BCUT2D eigenvalue weighted by molar-refractivity contribution is 7.89. The number of nitrogens with one attached hydrogen (secondary N) is 1. The Kier molecular flexibility index (Phi) is 5.25. The van der Waals surface area contributed by atoms with Crippen LogP contribution in [0.1, 0.15) is 6.42 Å². The van der Waals surface area contributed by atoms with Crippen molar-refractivity contribution in [2.24, 2.45) is 5.73 Å². The summed E-state index contributed by atoms with van der Waals surface area (Å²) in [5.74, 6) is 0. The third-order valence-electron chi connectivity index (χ3n) is 2.50. The largest absolute Gasteiger partial charge is 0.404 e. The fourth-order valence-corrected chi connectivity index (χ4v) is 2.97. The number of alkyl halides is 3. The Bertz CT molecular complexity index is 618. The minimum atomic E-state index is -4.85. The van der Waals surface area contributed by atoms with E-state index in [0.29, 0.717) is 0 Å². The average molecular weight is 327 g/mol. The van der Waals surface area contributed by atoms with E-state index in [-0.39, 0.29) is 0 Å². The fourth-order valence-electron chi connectivity index (χ4n) is 1.54. The molecule has 0 saturated carbocycles. The smallest absolute Gasteiger partial charge is 0.330 e. The van der Waals surface area contributed by atoms with Crippen LogP contribution < -0.4 is 10.5 Å². The lowest BCUT2D eigenvalue weighted by atomic mass is 10.2. The maximum atomic E-state index is 12.7. The standard InChI is InChI=1S/C10H12F3N3O4S/c11-10(12,13)9(5-6-14)15-21(19,20)8-4-2-1-3-7(8)16(17)18/h1-4,9,15H,5-6,14H2. The van der Waals surface area contributed by atoms with Gasteiger partial charge in [-0.25, -0.2) is 8.42 Å². The van der Waals surface area contributed by atoms with Crippen LogP contribution in [0.15, 0.2) is 29.2 Å². The lowest BCUT2D eigenvalue weighted by Crippen LogP contribution is -2.46. The number of rotatable bonds is 6. The molecule has 1 aromatic rings. The van der Waals surface area contributed by atoms with Gasteiger partial charge in [-0.2, -0.15) is 17.9 Å². The molecule has 1 aromatic carbocycles. The first-order valence-electron chi connectivity index (χ1n) is 5.62. The van der Waals surface area contributed by atoms with Crippen LogP contribution in [-0.2, 0) is 10.0 Å². The number of hydrogen-bond donors (Lipinski definition) is 2. The van der Waals surface area contributed by atoms with Crippen LogP contribution in [-0.4, -0.2) is 32.1 Å². The van der Waals surface area contributed by atoms with Crippen molar-refractivity contribution in [2.45, 2.75) is 23.5 Å². The molecule has 1 atom stereocenters. The number of halogens is 3. The highest BCUT2D eigenvalue weighted by Crippen LogP contribution is 2.27. The van der Waals surface area contributed by atoms with Crippen LogP contribution in [0.25, 0.3) is 0 Å². The van der Waals surface area contributed by atoms with E-state index in [4.69, 9.17) is 5.73 Å². The second-order valence-electron chi connectivity index (χ2n) is 4.02. The van der Waals surface area contributed by atoms with Crippen LogP contribution in [0.4, 0.5) is 18.9 Å². The zero-order valence-electron chi connectivity index (χ0n) is 10.5. The first kappa shape index (κ1) is 17.3. The molecule has 0 aliphatic heterocycles. The second-order valence-corrected chi connectivity index (χ2v) is 5.70. The summed E-state index contributed by atoms with van der Waals surface area (Å²) >= 11 is 0. The highest BCUT2D eigenvalue weighted by Gasteiger charge is 2.42. The first-order valence-corrected chi connectivity index (χ1v) is 7.10. The number of nitrogens with zero attached hydrogens (tertiary/aromatic N) is 1. The highest BCUT2D eigenvalue weighted by atomic mass is 32.2. The van der Waals surface area contributed by atoms with Gasteiger partial charge in [0.15, 0.2) is 4.90 Å². The lowest BCUT2D eigenvalue weighted by Gasteiger charge is -2.20. The fraction of sp³-hybridized carbons (Fsp3) is 0.400. The molecule has 0 radical (unpaired) electrons. The van der Waals surface area contributed by atoms with Crippen molar-refractivity contribution in [1.29, 1.82) is 0 Å². The summed E-state index contributed by atoms with van der Waals surface area (Å²) in [5.41, 5.74) is 4.21. The SMILES string of the molecule is NCCC(NS(=O)(=O)c1ccccc1[N+](=O)[O-])C(F)(F)F. The topological polar surface area (TPSA) is 115 Å². The summed E-state index contributed by atoms with van der Waals surface area (Å²) in [5, 5.41) is 10.7. The number of nitro benzene ring substituents is 1. The number of nitro groups is 1. The Morgan fingerprint density at radius 2 is 1.90 bits per heavy atom. The summed E-state index contributed by atoms with van der Waals surface area (Å²) < 4.78 is 63.4. The third-order valence-corrected chi connectivity index (χ3v) is 4.02. The molecule has 0 spiro atoms. The normalized spacial score (nSPS) is 13.9. The molecular formula is C10H12F3N3O4S. The molecular weight excluding hydrogens is 315 g/mol. The van der Waals surface area contributed by atoms with Gasteiger partial charge in [0, 0.05) is 6.07 Å². The Morgan fingerprint density at radius 1 is 1.33 bits per heavy atom. The third kappa shape index (κ3) is 4.37. The van der Waals surface area contributed by atoms with Crippen molar-refractivity contribution in [3.8, 4) is 0 Å². The van der Waals surface area contributed by atoms with E-state index >= 15 is 0 Å². The van der Waals surface area contributed by atoms with E-state index in [1.807, 2.05) is 0 Å². The minimum absolute atomic E-state index is 0.399. The molecule has 0 aliphatic rings. The van der Waals surface area contributed by atoms with Gasteiger partial charge < -0.3 is 5.73 Å². The summed E-state index contributed by atoms with van der Waals surface area (Å²) in [7, 11) is -4.71. The predicted molar refractivity (Wildman–Crippen MR) is 66.9 cm³/mol. The van der Waals surface area contributed by atoms with Crippen molar-refractivity contribution in [3.05, 3.63) is 34.4 Å². The van der Waals surface area contributed by atoms with Crippen LogP contribution >= 0.6 is 0 Å². The van der Waals surface area contributed by atoms with Crippen molar-refractivity contribution in [3.63, 3.8) is 0 Å². The summed E-state index contributed by atoms with van der Waals surface area (Å²) in [6.07, 6.45) is -5.53. The lowest BCUT2D eigenvalue weighted by molar-refractivity contribution is -0.387. The van der Waals surface area contributed by atoms with Crippen molar-refractivity contribution >= 4 is 15.7 Å². The molecule has 0 aliphatic carbocycles. The van der Waals surface area contributed by atoms with E-state index in [1.165, 1.54) is 16.9 Å². The molecule has 1 unspecified atom stereocenters. The zero-order valence-corrected chi connectivity index (χ0v) is 11.3. The van der Waals surface area contributed by atoms with Crippen LogP contribution in [0.5, 0.6) is 0 Å². The minimum Gasteiger partial charge on any atom is -0.330 e. The van der Waals surface area contributed by atoms with Crippen molar-refractivity contribution in [2.75, 3.05) is 6.54 Å². The van der Waals surface area contributed by atoms with E-state index in [0.717, 1.165) is 12.1 Å². The molecule has 0 heterocycles. The Morgan fingerprint density at radius 3 is 2.38 bits per heavy atom. The first-order chi connectivity index (χ1) is 9.59. The quantitative estimate of drug-likeness (QED) is 0.601. The number of para-hydroxylation sites is 1. The number of nitrogens with two attached hydrogens (primary N) is 1. The van der Waals surface area contributed by atoms with Gasteiger partial charge in [-0.05, 0) is 19.0 Å². The van der Waals surface area contributed by atoms with E-state index in [2.05, 4.69) is 0 Å². The maximum absolute atomic E-state index is 12.7. The van der Waals surface area contributed by atoms with Gasteiger partial charge in [0.25, 0.3) is 5.69 Å². The maximum Gasteiger partial charge on any atom is 0.404 e. The van der Waals surface area contributed by atoms with Gasteiger partial charge in [0.2, 0.25) is 10.0 Å². The Labute approximate surface area is 118 Å². The molecule has 0 bridgehead atoms. The van der Waals surface area contributed by atoms with E-state index in [1.54, 1.807) is 0 Å². The number of hydrogen-bond acceptors (Lipinski definition) is 5. The van der Waals surface area contributed by atoms with Crippen LogP contribution in [0.3, 0.4) is 0 Å². The van der Waals surface area contributed by atoms with Crippen molar-refractivity contribution in [1.82, 2.24) is 4.72 Å². The monoisotopic (exact) mass is 327 g/mol. The molecule has 0 fully saturated rings. The van der Waals surface area contributed by atoms with E-state index in [9.17, 15) is 31.7 Å². The molecule has 21 heavy (non-hydrogen) atoms. The van der Waals surface area contributed by atoms with E-state index < -0.39 is 50.7 Å². The van der Waals surface area contributed by atoms with Crippen molar-refractivity contribution < 1.29 is 26.5 Å². The molecule has 0 amide bonds. The molecule has 0 saturated heterocycles. The Hall–Kier alpha value is -1.72. The van der Waals surface area contributed by atoms with Gasteiger partial charge in [0.05, 0.1) is 4.92 Å². The van der Waals surface area contributed by atoms with Crippen LogP contribution in [0.2, 0.25) is 0 Å². The second kappa shape index (κ2) is 6.37. The molecule has 118 valence electrons. The van der Waals surface area contributed by atoms with Gasteiger partial charge in [-0.1, -0.05) is 12.1 Å². The molecule has 3 N–H and O–H groups in total. The van der Waals surface area contributed by atoms with Crippen LogP contribution in [0, 0.1) is 10.1 Å². The van der Waals surface area contributed by atoms with Gasteiger partial charge >= 0.3 is 6.18 Å². The van der Waals surface area contributed by atoms with Gasteiger partial charge in [-0.15, -0.1) is 0 Å². The van der Waals surface area contributed by atoms with Gasteiger partial charge in [-0.3, -0.25) is 10.1 Å². The molecule has 11 heteroatoms. The summed E-state index contributed by atoms with van der Waals surface area (Å²) in [6, 6.07) is 1.72. The number of sulfonamides is 1. The summed E-state index contributed by atoms with van der Waals surface area (Å²) in [6.45, 7) is -0.399. The summed E-state index contributed by atoms with van der Waals surface area (Å²) in [4.78, 5) is 8.93. The predicted octanol–water partition coefficient (Wildman–Crippen LogP) is 1.15. The molecule has 1 rings (SSSR count). The zero-order chi connectivity index (χ0) is 16.3. The Balaban J connectivity index is 3.20. The average Bonchev–Trinajstić information content (AvgIpc) is 2.37. The molecule has 0 aromatic heterocycles.